The van der Waals surface area contributed by atoms with Gasteiger partial charge < -0.3 is 5.73 Å². The van der Waals surface area contributed by atoms with E-state index < -0.39 is 0 Å². The molecule has 0 fully saturated rings. The molecule has 0 radical (unpaired) electrons. The molecule has 2 N–H and O–H groups in total. The summed E-state index contributed by atoms with van der Waals surface area (Å²) in [6, 6.07) is 4.84. The summed E-state index contributed by atoms with van der Waals surface area (Å²) in [5, 5.41) is 2.13. The summed E-state index contributed by atoms with van der Waals surface area (Å²) >= 11 is 1.82. The summed E-state index contributed by atoms with van der Waals surface area (Å²) < 4.78 is 0. The van der Waals surface area contributed by atoms with Crippen LogP contribution in [0, 0.1) is 0 Å². The lowest BCUT2D eigenvalue weighted by Gasteiger charge is -2.34. The van der Waals surface area contributed by atoms with E-state index >= 15 is 0 Å². The van der Waals surface area contributed by atoms with E-state index in [0.717, 1.165) is 19.5 Å². The van der Waals surface area contributed by atoms with E-state index in [1.807, 2.05) is 11.3 Å². The third kappa shape index (κ3) is 4.24. The predicted octanol–water partition coefficient (Wildman–Crippen LogP) is 3.09. The van der Waals surface area contributed by atoms with Gasteiger partial charge in [-0.1, -0.05) is 13.0 Å². The average molecular weight is 240 g/mol. The number of hydrogen-bond donors (Lipinski definition) is 1. The van der Waals surface area contributed by atoms with E-state index in [-0.39, 0.29) is 5.54 Å². The molecule has 0 saturated carbocycles. The van der Waals surface area contributed by atoms with E-state index in [1.165, 1.54) is 4.88 Å². The second-order valence-electron chi connectivity index (χ2n) is 5.09. The highest BCUT2D eigenvalue weighted by Gasteiger charge is 2.22. The van der Waals surface area contributed by atoms with Crippen molar-refractivity contribution in [3.05, 3.63) is 22.4 Å². The van der Waals surface area contributed by atoms with Crippen molar-refractivity contribution in [3.8, 4) is 0 Å². The first-order valence-corrected chi connectivity index (χ1v) is 6.88. The molecule has 0 saturated heterocycles. The van der Waals surface area contributed by atoms with Gasteiger partial charge in [-0.25, -0.2) is 0 Å². The highest BCUT2D eigenvalue weighted by Crippen LogP contribution is 2.17. The minimum Gasteiger partial charge on any atom is -0.324 e. The van der Waals surface area contributed by atoms with Crippen LogP contribution in [-0.4, -0.2) is 23.0 Å². The van der Waals surface area contributed by atoms with Crippen LogP contribution in [0.5, 0.6) is 0 Å². The third-order valence-electron chi connectivity index (χ3n) is 3.04. The first-order chi connectivity index (χ1) is 7.44. The molecule has 16 heavy (non-hydrogen) atoms. The van der Waals surface area contributed by atoms with Crippen LogP contribution in [0.2, 0.25) is 0 Å². The number of nitrogens with zero attached hydrogens (tertiary/aromatic N) is 1. The van der Waals surface area contributed by atoms with Crippen LogP contribution in [0.3, 0.4) is 0 Å². The van der Waals surface area contributed by atoms with Crippen LogP contribution in [-0.2, 0) is 6.54 Å². The fraction of sp³-hybridized carbons (Fsp3) is 0.692. The molecule has 0 spiro atoms. The molecule has 2 nitrogen and oxygen atoms in total. The molecule has 3 heteroatoms. The molecule has 0 aliphatic rings. The molecule has 1 aromatic heterocycles. The van der Waals surface area contributed by atoms with Crippen LogP contribution in [0.25, 0.3) is 0 Å². The van der Waals surface area contributed by atoms with Crippen molar-refractivity contribution in [1.29, 1.82) is 0 Å². The number of hydrogen-bond acceptors (Lipinski definition) is 3. The molecule has 0 aromatic carbocycles. The van der Waals surface area contributed by atoms with Gasteiger partial charge in [0.05, 0.1) is 0 Å². The summed E-state index contributed by atoms with van der Waals surface area (Å²) in [7, 11) is 0. The lowest BCUT2D eigenvalue weighted by molar-refractivity contribution is 0.167. The molecule has 0 bridgehead atoms. The molecule has 0 aliphatic heterocycles. The van der Waals surface area contributed by atoms with E-state index in [0.29, 0.717) is 6.04 Å². The van der Waals surface area contributed by atoms with Gasteiger partial charge in [-0.3, -0.25) is 4.90 Å². The summed E-state index contributed by atoms with van der Waals surface area (Å²) in [6.45, 7) is 10.7. The van der Waals surface area contributed by atoms with Crippen LogP contribution in [0.1, 0.15) is 39.0 Å². The zero-order valence-electron chi connectivity index (χ0n) is 10.9. The largest absolute Gasteiger partial charge is 0.324 e. The molecule has 0 aliphatic carbocycles. The third-order valence-corrected chi connectivity index (χ3v) is 3.90. The Morgan fingerprint density at radius 2 is 2.19 bits per heavy atom. The predicted molar refractivity (Wildman–Crippen MR) is 72.7 cm³/mol. The van der Waals surface area contributed by atoms with Crippen LogP contribution in [0.15, 0.2) is 17.5 Å². The number of thiophene rings is 1. The molecule has 1 rings (SSSR count). The lowest BCUT2D eigenvalue weighted by Crippen LogP contribution is -2.49. The van der Waals surface area contributed by atoms with Crippen molar-refractivity contribution in [3.63, 3.8) is 0 Å². The maximum absolute atomic E-state index is 6.25. The Bertz CT molecular complexity index is 291. The van der Waals surface area contributed by atoms with Crippen LogP contribution in [0.4, 0.5) is 0 Å². The highest BCUT2D eigenvalue weighted by atomic mass is 32.1. The quantitative estimate of drug-likeness (QED) is 0.828. The molecular formula is C13H24N2S. The fourth-order valence-electron chi connectivity index (χ4n) is 1.60. The van der Waals surface area contributed by atoms with Gasteiger partial charge in [0, 0.05) is 29.5 Å². The van der Waals surface area contributed by atoms with Crippen molar-refractivity contribution in [2.75, 3.05) is 6.54 Å². The number of rotatable bonds is 6. The van der Waals surface area contributed by atoms with E-state index in [9.17, 15) is 0 Å². The van der Waals surface area contributed by atoms with E-state index in [2.05, 4.69) is 50.1 Å². The van der Waals surface area contributed by atoms with Gasteiger partial charge in [0.2, 0.25) is 0 Å². The van der Waals surface area contributed by atoms with Crippen LogP contribution >= 0.6 is 11.3 Å². The Kier molecular flexibility index (Phi) is 4.96. The smallest absolute Gasteiger partial charge is 0.0331 e. The maximum atomic E-state index is 6.25. The van der Waals surface area contributed by atoms with Crippen LogP contribution < -0.4 is 5.73 Å². The SMILES string of the molecule is CCC(C)(N)CN(Cc1cccs1)C(C)C. The standard InChI is InChI=1S/C13H24N2S/c1-5-13(4,14)10-15(11(2)3)9-12-7-6-8-16-12/h6-8,11H,5,9-10,14H2,1-4H3. The average Bonchev–Trinajstić information content (AvgIpc) is 2.69. The monoisotopic (exact) mass is 240 g/mol. The van der Waals surface area contributed by atoms with E-state index in [1.54, 1.807) is 0 Å². The maximum Gasteiger partial charge on any atom is 0.0331 e. The zero-order chi connectivity index (χ0) is 12.2. The summed E-state index contributed by atoms with van der Waals surface area (Å²) in [4.78, 5) is 3.87. The zero-order valence-corrected chi connectivity index (χ0v) is 11.7. The minimum atomic E-state index is -0.0818. The highest BCUT2D eigenvalue weighted by molar-refractivity contribution is 7.09. The van der Waals surface area contributed by atoms with Crippen molar-refractivity contribution in [1.82, 2.24) is 4.90 Å². The van der Waals surface area contributed by atoms with Gasteiger partial charge in [0.15, 0.2) is 0 Å². The van der Waals surface area contributed by atoms with Gasteiger partial charge in [-0.2, -0.15) is 0 Å². The first kappa shape index (κ1) is 13.7. The molecule has 1 atom stereocenters. The van der Waals surface area contributed by atoms with Crippen molar-refractivity contribution < 1.29 is 0 Å². The molecule has 1 unspecified atom stereocenters. The fourth-order valence-corrected chi connectivity index (χ4v) is 2.33. The summed E-state index contributed by atoms with van der Waals surface area (Å²) in [5.74, 6) is 0. The molecule has 92 valence electrons. The molecule has 1 heterocycles. The topological polar surface area (TPSA) is 29.3 Å². The Hall–Kier alpha value is -0.380. The molecule has 0 amide bonds. The Labute approximate surface area is 103 Å². The second kappa shape index (κ2) is 5.80. The van der Waals surface area contributed by atoms with E-state index in [4.69, 9.17) is 5.73 Å². The molecule has 1 aromatic rings. The van der Waals surface area contributed by atoms with Crippen molar-refractivity contribution >= 4 is 11.3 Å². The summed E-state index contributed by atoms with van der Waals surface area (Å²) in [6.07, 6.45) is 1.01. The summed E-state index contributed by atoms with van der Waals surface area (Å²) in [5.41, 5.74) is 6.16. The number of nitrogens with two attached hydrogens (primary N) is 1. The second-order valence-corrected chi connectivity index (χ2v) is 6.12. The molecular weight excluding hydrogens is 216 g/mol. The normalized spacial score (nSPS) is 15.7. The minimum absolute atomic E-state index is 0.0818. The van der Waals surface area contributed by atoms with Gasteiger partial charge >= 0.3 is 0 Å². The van der Waals surface area contributed by atoms with Gasteiger partial charge in [-0.05, 0) is 38.6 Å². The lowest BCUT2D eigenvalue weighted by atomic mass is 9.99. The Balaban J connectivity index is 2.62. The van der Waals surface area contributed by atoms with Gasteiger partial charge in [-0.15, -0.1) is 11.3 Å². The first-order valence-electron chi connectivity index (χ1n) is 6.00. The van der Waals surface area contributed by atoms with Gasteiger partial charge in [0.25, 0.3) is 0 Å². The Morgan fingerprint density at radius 1 is 1.50 bits per heavy atom. The van der Waals surface area contributed by atoms with Gasteiger partial charge in [0.1, 0.15) is 0 Å². The Morgan fingerprint density at radius 3 is 2.62 bits per heavy atom. The van der Waals surface area contributed by atoms with Crippen molar-refractivity contribution in [2.24, 2.45) is 5.73 Å². The van der Waals surface area contributed by atoms with Crippen molar-refractivity contribution in [2.45, 2.75) is 52.2 Å².